The maximum atomic E-state index is 12.6. The van der Waals surface area contributed by atoms with E-state index >= 15 is 0 Å². The number of amides is 1. The molecule has 0 saturated carbocycles. The minimum Gasteiger partial charge on any atom is -0.493 e. The Kier molecular flexibility index (Phi) is 7.18. The third kappa shape index (κ3) is 5.60. The van der Waals surface area contributed by atoms with E-state index in [0.717, 1.165) is 39.9 Å². The molecular formula is C24H24N4O6S2. The molecule has 0 bridgehead atoms. The van der Waals surface area contributed by atoms with Crippen molar-refractivity contribution in [2.24, 2.45) is 10.1 Å². The van der Waals surface area contributed by atoms with Crippen LogP contribution in [0, 0.1) is 19.3 Å². The first-order valence-corrected chi connectivity index (χ1v) is 13.5. The molecule has 2 aliphatic rings. The van der Waals surface area contributed by atoms with Gasteiger partial charge in [-0.1, -0.05) is 12.1 Å². The van der Waals surface area contributed by atoms with Crippen LogP contribution >= 0.6 is 11.8 Å². The molecule has 0 fully saturated rings. The van der Waals surface area contributed by atoms with Gasteiger partial charge >= 0.3 is 0 Å². The van der Waals surface area contributed by atoms with Crippen molar-refractivity contribution in [3.8, 4) is 17.2 Å². The van der Waals surface area contributed by atoms with E-state index in [1.165, 1.54) is 13.2 Å². The van der Waals surface area contributed by atoms with E-state index in [9.17, 15) is 13.2 Å². The molecule has 0 radical (unpaired) electrons. The van der Waals surface area contributed by atoms with Crippen LogP contribution in [0.1, 0.15) is 16.7 Å². The first kappa shape index (κ1) is 25.5. The van der Waals surface area contributed by atoms with Crippen LogP contribution in [0.4, 0.5) is 0 Å². The van der Waals surface area contributed by atoms with Crippen molar-refractivity contribution in [1.29, 1.82) is 5.41 Å². The molecular weight excluding hydrogens is 504 g/mol. The van der Waals surface area contributed by atoms with Gasteiger partial charge in [-0.05, 0) is 72.6 Å². The molecule has 12 heteroatoms. The lowest BCUT2D eigenvalue weighted by Gasteiger charge is -2.20. The third-order valence-electron chi connectivity index (χ3n) is 5.06. The molecule has 10 nitrogen and oxygen atoms in total. The summed E-state index contributed by atoms with van der Waals surface area (Å²) >= 11 is 0.737. The minimum atomic E-state index is -3.60. The second kappa shape index (κ2) is 10.2. The van der Waals surface area contributed by atoms with Crippen LogP contribution in [0.15, 0.2) is 52.1 Å². The van der Waals surface area contributed by atoms with Crippen molar-refractivity contribution in [3.63, 3.8) is 0 Å². The third-order valence-corrected chi connectivity index (χ3v) is 7.63. The number of hydrazone groups is 1. The number of amidine groups is 2. The molecule has 1 N–H and O–H groups in total. The number of hydrogen-bond donors (Lipinski definition) is 1. The summed E-state index contributed by atoms with van der Waals surface area (Å²) < 4.78 is 40.4. The van der Waals surface area contributed by atoms with Crippen molar-refractivity contribution in [2.75, 3.05) is 26.6 Å². The van der Waals surface area contributed by atoms with Crippen LogP contribution in [0.5, 0.6) is 17.2 Å². The first-order chi connectivity index (χ1) is 17.0. The Balaban J connectivity index is 1.46. The molecule has 36 heavy (non-hydrogen) atoms. The lowest BCUT2D eigenvalue weighted by Crippen LogP contribution is -2.35. The lowest BCUT2D eigenvalue weighted by molar-refractivity contribution is -0.114. The van der Waals surface area contributed by atoms with Crippen molar-refractivity contribution in [3.05, 3.63) is 58.7 Å². The highest BCUT2D eigenvalue weighted by atomic mass is 32.3. The van der Waals surface area contributed by atoms with E-state index in [1.54, 1.807) is 18.2 Å². The number of sulfone groups is 1. The predicted molar refractivity (Wildman–Crippen MR) is 140 cm³/mol. The number of thioether (sulfide) groups is 1. The second-order valence-corrected chi connectivity index (χ2v) is 11.2. The lowest BCUT2D eigenvalue weighted by atomic mass is 10.1. The summed E-state index contributed by atoms with van der Waals surface area (Å²) in [5.41, 5.74) is 2.77. The zero-order valence-corrected chi connectivity index (χ0v) is 21.7. The van der Waals surface area contributed by atoms with Crippen molar-refractivity contribution < 1.29 is 27.4 Å². The maximum Gasteiger partial charge on any atom is 0.283 e. The highest BCUT2D eigenvalue weighted by molar-refractivity contribution is 8.42. The molecule has 2 aromatic rings. The van der Waals surface area contributed by atoms with Crippen LogP contribution in [-0.2, 0) is 14.6 Å². The normalized spacial score (nSPS) is 16.6. The van der Waals surface area contributed by atoms with E-state index in [-0.39, 0.29) is 27.6 Å². The Morgan fingerprint density at radius 1 is 1.06 bits per heavy atom. The Bertz CT molecular complexity index is 1430. The van der Waals surface area contributed by atoms with Crippen LogP contribution in [0.3, 0.4) is 0 Å². The zero-order chi connectivity index (χ0) is 26.0. The number of methoxy groups -OCH3 is 1. The van der Waals surface area contributed by atoms with Gasteiger partial charge in [0.2, 0.25) is 19.4 Å². The van der Waals surface area contributed by atoms with E-state index in [1.807, 2.05) is 26.0 Å². The van der Waals surface area contributed by atoms with Gasteiger partial charge in [0.25, 0.3) is 5.91 Å². The number of fused-ring (bicyclic) bond motifs is 1. The fraction of sp³-hybridized carbons (Fsp3) is 0.250. The van der Waals surface area contributed by atoms with Crippen molar-refractivity contribution in [2.45, 2.75) is 13.8 Å². The highest BCUT2D eigenvalue weighted by Crippen LogP contribution is 2.32. The molecule has 2 aliphatic heterocycles. The summed E-state index contributed by atoms with van der Waals surface area (Å²) in [6.07, 6.45) is 2.48. The Labute approximate surface area is 213 Å². The van der Waals surface area contributed by atoms with Crippen LogP contribution in [0.25, 0.3) is 6.08 Å². The van der Waals surface area contributed by atoms with Gasteiger partial charge in [-0.15, -0.1) is 5.10 Å². The molecule has 1 amide bonds. The summed E-state index contributed by atoms with van der Waals surface area (Å²) in [4.78, 5) is 16.4. The molecule has 0 atom stereocenters. The van der Waals surface area contributed by atoms with E-state index in [0.29, 0.717) is 23.7 Å². The zero-order valence-electron chi connectivity index (χ0n) is 20.1. The molecule has 188 valence electrons. The Hall–Kier alpha value is -3.64. The predicted octanol–water partition coefficient (Wildman–Crippen LogP) is 3.39. The molecule has 2 heterocycles. The SMILES string of the molecule is COc1cc(/C=C2/C(=N)N3N=C(S(C)(=O)=O)SC3=NC2=O)ccc1OCCOc1cc(C)cc(C)c1. The number of nitrogens with one attached hydrogen (secondary N) is 1. The number of benzene rings is 2. The highest BCUT2D eigenvalue weighted by Gasteiger charge is 2.38. The van der Waals surface area contributed by atoms with Gasteiger partial charge in [0.1, 0.15) is 19.0 Å². The standard InChI is InChI=1S/C24H24N4O6S2/c1-14-9-15(2)11-17(10-14)33-7-8-34-19-6-5-16(13-20(19)32-3)12-18-21(25)28-23(26-22(18)29)35-24(27-28)36(4,30)31/h5-6,9-13,25H,7-8H2,1-4H3/b18-12-,25-21?. The monoisotopic (exact) mass is 528 g/mol. The Morgan fingerprint density at radius 3 is 2.42 bits per heavy atom. The van der Waals surface area contributed by atoms with Gasteiger partial charge in [-0.3, -0.25) is 10.2 Å². The average Bonchev–Trinajstić information content (AvgIpc) is 3.24. The fourth-order valence-electron chi connectivity index (χ4n) is 3.51. The first-order valence-electron chi connectivity index (χ1n) is 10.8. The number of carbonyl (C=O) groups is 1. The Morgan fingerprint density at radius 2 is 1.75 bits per heavy atom. The van der Waals surface area contributed by atoms with E-state index in [4.69, 9.17) is 19.6 Å². The summed E-state index contributed by atoms with van der Waals surface area (Å²) in [5, 5.41) is 13.4. The van der Waals surface area contributed by atoms with Crippen LogP contribution in [-0.4, -0.2) is 61.3 Å². The van der Waals surface area contributed by atoms with Crippen molar-refractivity contribution in [1.82, 2.24) is 5.01 Å². The molecule has 2 aromatic carbocycles. The smallest absolute Gasteiger partial charge is 0.283 e. The van der Waals surface area contributed by atoms with E-state index in [2.05, 4.69) is 16.2 Å². The molecule has 0 saturated heterocycles. The number of carbonyl (C=O) groups excluding carboxylic acids is 1. The van der Waals surface area contributed by atoms with Gasteiger partial charge in [-0.25, -0.2) is 8.42 Å². The molecule has 4 rings (SSSR count). The number of aliphatic imine (C=N–C) groups is 1. The molecule has 0 aliphatic carbocycles. The summed E-state index contributed by atoms with van der Waals surface area (Å²) in [7, 11) is -2.10. The summed E-state index contributed by atoms with van der Waals surface area (Å²) in [6, 6.07) is 11.1. The van der Waals surface area contributed by atoms with E-state index < -0.39 is 15.7 Å². The number of rotatable bonds is 7. The molecule has 0 spiro atoms. The van der Waals surface area contributed by atoms with Gasteiger partial charge in [0.15, 0.2) is 17.3 Å². The molecule has 0 unspecified atom stereocenters. The minimum absolute atomic E-state index is 0.0320. The average molecular weight is 529 g/mol. The largest absolute Gasteiger partial charge is 0.493 e. The number of ether oxygens (including phenoxy) is 3. The van der Waals surface area contributed by atoms with Gasteiger partial charge in [0, 0.05) is 6.26 Å². The second-order valence-electron chi connectivity index (χ2n) is 8.09. The van der Waals surface area contributed by atoms with Crippen molar-refractivity contribution >= 4 is 49.0 Å². The van der Waals surface area contributed by atoms with Gasteiger partial charge < -0.3 is 14.2 Å². The number of hydrogen-bond acceptors (Lipinski definition) is 9. The van der Waals surface area contributed by atoms with Gasteiger partial charge in [-0.2, -0.15) is 10.0 Å². The van der Waals surface area contributed by atoms with Crippen LogP contribution in [0.2, 0.25) is 0 Å². The van der Waals surface area contributed by atoms with Crippen LogP contribution < -0.4 is 14.2 Å². The quantitative estimate of drug-likeness (QED) is 0.427. The fourth-order valence-corrected chi connectivity index (χ4v) is 5.20. The molecule has 0 aromatic heterocycles. The summed E-state index contributed by atoms with van der Waals surface area (Å²) in [6.45, 7) is 4.65. The topological polar surface area (TPSA) is 131 Å². The number of nitrogens with zero attached hydrogens (tertiary/aromatic N) is 3. The van der Waals surface area contributed by atoms with Gasteiger partial charge in [0.05, 0.1) is 12.7 Å². The maximum absolute atomic E-state index is 12.6. The summed E-state index contributed by atoms with van der Waals surface area (Å²) in [5.74, 6) is 0.779. The number of aryl methyl sites for hydroxylation is 2.